The predicted octanol–water partition coefficient (Wildman–Crippen LogP) is 5.31. The van der Waals surface area contributed by atoms with E-state index in [-0.39, 0.29) is 28.5 Å². The van der Waals surface area contributed by atoms with Gasteiger partial charge in [0.25, 0.3) is 18.2 Å². The maximum absolute atomic E-state index is 13.5. The minimum absolute atomic E-state index is 0.117. The van der Waals surface area contributed by atoms with Gasteiger partial charge in [-0.2, -0.15) is 11.3 Å². The van der Waals surface area contributed by atoms with E-state index in [0.717, 1.165) is 19.0 Å². The van der Waals surface area contributed by atoms with Gasteiger partial charge in [-0.05, 0) is 60.6 Å². The number of aromatic nitrogens is 1. The number of pyridine rings is 1. The molecule has 5 rings (SSSR count). The van der Waals surface area contributed by atoms with Gasteiger partial charge in [0.2, 0.25) is 0 Å². The topological polar surface area (TPSA) is 82.5 Å². The largest absolute Gasteiger partial charge is 0.372 e. The molecule has 2 amide bonds. The second kappa shape index (κ2) is 9.88. The van der Waals surface area contributed by atoms with Crippen LogP contribution in [0, 0.1) is 5.92 Å². The number of fused-ring (bicyclic) bond motifs is 1. The molecule has 1 saturated carbocycles. The van der Waals surface area contributed by atoms with Gasteiger partial charge in [-0.3, -0.25) is 14.6 Å². The molecule has 0 spiro atoms. The van der Waals surface area contributed by atoms with Gasteiger partial charge in [-0.1, -0.05) is 29.8 Å². The van der Waals surface area contributed by atoms with Crippen LogP contribution in [0.5, 0.6) is 0 Å². The number of amides is 2. The van der Waals surface area contributed by atoms with Crippen LogP contribution in [0.2, 0.25) is 5.02 Å². The van der Waals surface area contributed by atoms with E-state index in [9.17, 15) is 23.5 Å². The van der Waals surface area contributed by atoms with E-state index in [2.05, 4.69) is 10.3 Å². The van der Waals surface area contributed by atoms with Gasteiger partial charge in [-0.15, -0.1) is 0 Å². The Morgan fingerprint density at radius 2 is 2.00 bits per heavy atom. The Kier molecular flexibility index (Phi) is 6.80. The number of nitrogens with zero attached hydrogens (tertiary/aromatic N) is 2. The fourth-order valence-corrected chi connectivity index (χ4v) is 6.04. The normalized spacial score (nSPS) is 23.7. The number of halogens is 3. The van der Waals surface area contributed by atoms with E-state index in [1.54, 1.807) is 22.4 Å². The summed E-state index contributed by atoms with van der Waals surface area (Å²) in [5.74, 6) is -0.803. The third-order valence-corrected chi connectivity index (χ3v) is 7.93. The number of thiophene rings is 1. The number of carbonyl (C=O) groups excluding carboxylic acids is 2. The van der Waals surface area contributed by atoms with E-state index in [0.29, 0.717) is 36.2 Å². The molecule has 36 heavy (non-hydrogen) atoms. The van der Waals surface area contributed by atoms with Crippen LogP contribution in [0.3, 0.4) is 0 Å². The maximum Gasteiger partial charge on any atom is 0.281 e. The van der Waals surface area contributed by atoms with Crippen LogP contribution in [-0.2, 0) is 10.4 Å². The molecule has 3 aromatic rings. The van der Waals surface area contributed by atoms with Crippen LogP contribution in [0.25, 0.3) is 0 Å². The van der Waals surface area contributed by atoms with Crippen molar-refractivity contribution < 1.29 is 23.5 Å². The minimum Gasteiger partial charge on any atom is -0.372 e. The number of nitrogens with one attached hydrogen (secondary N) is 1. The molecule has 1 aromatic carbocycles. The van der Waals surface area contributed by atoms with Crippen molar-refractivity contribution in [2.45, 2.75) is 43.8 Å². The highest BCUT2D eigenvalue weighted by molar-refractivity contribution is 7.08. The summed E-state index contributed by atoms with van der Waals surface area (Å²) in [7, 11) is 0. The first kappa shape index (κ1) is 24.8. The summed E-state index contributed by atoms with van der Waals surface area (Å²) >= 11 is 7.30. The third-order valence-electron chi connectivity index (χ3n) is 7.04. The van der Waals surface area contributed by atoms with Crippen molar-refractivity contribution in [3.8, 4) is 0 Å². The average molecular weight is 532 g/mol. The molecule has 3 heterocycles. The van der Waals surface area contributed by atoms with E-state index in [1.807, 2.05) is 23.6 Å². The minimum atomic E-state index is -2.88. The Hall–Kier alpha value is -2.88. The quantitative estimate of drug-likeness (QED) is 0.452. The fourth-order valence-electron chi connectivity index (χ4n) is 5.18. The second-order valence-corrected chi connectivity index (χ2v) is 10.4. The second-order valence-electron chi connectivity index (χ2n) is 9.23. The molecular weight excluding hydrogens is 508 g/mol. The molecule has 2 aromatic heterocycles. The van der Waals surface area contributed by atoms with Crippen molar-refractivity contribution >= 4 is 40.4 Å². The lowest BCUT2D eigenvalue weighted by molar-refractivity contribution is -0.132. The molecule has 0 saturated heterocycles. The lowest BCUT2D eigenvalue weighted by Gasteiger charge is -2.32. The molecule has 2 N–H and O–H groups in total. The van der Waals surface area contributed by atoms with Gasteiger partial charge in [-0.25, -0.2) is 8.78 Å². The molecule has 1 atom stereocenters. The number of hydrogen-bond donors (Lipinski definition) is 2. The number of hydrogen-bond acceptors (Lipinski definition) is 5. The molecule has 1 fully saturated rings. The van der Waals surface area contributed by atoms with Gasteiger partial charge in [0, 0.05) is 29.9 Å². The van der Waals surface area contributed by atoms with Crippen LogP contribution in [0.4, 0.5) is 14.5 Å². The van der Waals surface area contributed by atoms with Gasteiger partial charge in [0.1, 0.15) is 5.69 Å². The monoisotopic (exact) mass is 531 g/mol. The first-order valence-corrected chi connectivity index (χ1v) is 13.0. The first-order valence-electron chi connectivity index (χ1n) is 11.7. The predicted molar refractivity (Wildman–Crippen MR) is 134 cm³/mol. The summed E-state index contributed by atoms with van der Waals surface area (Å²) in [6.07, 6.45) is 0.988. The van der Waals surface area contributed by atoms with Gasteiger partial charge in [0.15, 0.2) is 5.60 Å². The van der Waals surface area contributed by atoms with Crippen LogP contribution in [0.15, 0.2) is 53.4 Å². The fraction of sp³-hybridized carbons (Fsp3) is 0.346. The number of carbonyl (C=O) groups is 2. The summed E-state index contributed by atoms with van der Waals surface area (Å²) < 4.78 is 26.6. The lowest BCUT2D eigenvalue weighted by Crippen LogP contribution is -2.44. The Morgan fingerprint density at radius 3 is 2.69 bits per heavy atom. The molecule has 0 radical (unpaired) electrons. The van der Waals surface area contributed by atoms with Gasteiger partial charge in [0.05, 0.1) is 16.3 Å². The molecule has 1 aliphatic carbocycles. The molecular formula is C26H24ClF2N3O3S. The zero-order chi connectivity index (χ0) is 25.4. The molecule has 0 bridgehead atoms. The van der Waals surface area contributed by atoms with Crippen LogP contribution in [0.1, 0.15) is 59.3 Å². The average Bonchev–Trinajstić information content (AvgIpc) is 3.49. The standard InChI is InChI=1S/C26H24ClF2N3O3S/c27-17-11-19(22(23(28)29)30-12-17)24(33)31-18-7-5-15(6-8-18)13-32-21-4-2-1-3-20(21)26(35,25(32)34)16-9-10-36-14-16/h1-4,9-12,14-15,18,23,35H,5-8,13H2,(H,31,33)/t15-,18-,26?. The highest BCUT2D eigenvalue weighted by Gasteiger charge is 2.51. The van der Waals surface area contributed by atoms with E-state index in [4.69, 9.17) is 11.6 Å². The number of rotatable bonds is 6. The molecule has 10 heteroatoms. The van der Waals surface area contributed by atoms with Gasteiger partial charge >= 0.3 is 0 Å². The van der Waals surface area contributed by atoms with E-state index < -0.39 is 23.6 Å². The first-order chi connectivity index (χ1) is 17.3. The Labute approximate surface area is 215 Å². The van der Waals surface area contributed by atoms with E-state index in [1.165, 1.54) is 17.4 Å². The summed E-state index contributed by atoms with van der Waals surface area (Å²) in [4.78, 5) is 31.5. The summed E-state index contributed by atoms with van der Waals surface area (Å²) in [6, 6.07) is 10.1. The Morgan fingerprint density at radius 1 is 1.25 bits per heavy atom. The Bertz CT molecular complexity index is 1280. The summed E-state index contributed by atoms with van der Waals surface area (Å²) in [6.45, 7) is 0.455. The molecule has 188 valence electrons. The Balaban J connectivity index is 1.25. The van der Waals surface area contributed by atoms with Crippen molar-refractivity contribution in [3.05, 3.63) is 80.8 Å². The highest BCUT2D eigenvalue weighted by Crippen LogP contribution is 2.45. The number of alkyl halides is 2. The van der Waals surface area contributed by atoms with Crippen molar-refractivity contribution in [2.24, 2.45) is 5.92 Å². The number of benzene rings is 1. The van der Waals surface area contributed by atoms with Crippen molar-refractivity contribution in [1.29, 1.82) is 0 Å². The zero-order valence-corrected chi connectivity index (χ0v) is 20.7. The molecule has 2 aliphatic rings. The molecule has 6 nitrogen and oxygen atoms in total. The smallest absolute Gasteiger partial charge is 0.281 e. The zero-order valence-electron chi connectivity index (χ0n) is 19.2. The number of anilines is 1. The summed E-state index contributed by atoms with van der Waals surface area (Å²) in [5, 5.41) is 18.1. The van der Waals surface area contributed by atoms with Gasteiger partial charge < -0.3 is 15.3 Å². The SMILES string of the molecule is O=C(N[C@H]1CC[C@H](CN2C(=O)C(O)(c3ccsc3)c3ccccc32)CC1)c1cc(Cl)cnc1C(F)F. The maximum atomic E-state index is 13.5. The van der Waals surface area contributed by atoms with Crippen LogP contribution in [-0.4, -0.2) is 34.5 Å². The number of aliphatic hydroxyl groups is 1. The van der Waals surface area contributed by atoms with E-state index >= 15 is 0 Å². The van der Waals surface area contributed by atoms with Crippen LogP contribution < -0.4 is 10.2 Å². The molecule has 1 unspecified atom stereocenters. The van der Waals surface area contributed by atoms with Crippen LogP contribution >= 0.6 is 22.9 Å². The van der Waals surface area contributed by atoms with Crippen molar-refractivity contribution in [2.75, 3.05) is 11.4 Å². The van der Waals surface area contributed by atoms with Crippen molar-refractivity contribution in [3.63, 3.8) is 0 Å². The van der Waals surface area contributed by atoms with Crippen molar-refractivity contribution in [1.82, 2.24) is 10.3 Å². The number of para-hydroxylation sites is 1. The molecule has 1 aliphatic heterocycles. The third kappa shape index (κ3) is 4.40. The summed E-state index contributed by atoms with van der Waals surface area (Å²) in [5.41, 5.74) is -0.646. The highest BCUT2D eigenvalue weighted by atomic mass is 35.5. The lowest BCUT2D eigenvalue weighted by atomic mass is 9.85.